The van der Waals surface area contributed by atoms with Crippen molar-refractivity contribution in [2.45, 2.75) is 20.4 Å². The fourth-order valence-corrected chi connectivity index (χ4v) is 2.36. The Morgan fingerprint density at radius 1 is 1.12 bits per heavy atom. The summed E-state index contributed by atoms with van der Waals surface area (Å²) in [5.41, 5.74) is 1.07. The van der Waals surface area contributed by atoms with Crippen LogP contribution < -0.4 is 9.47 Å². The van der Waals surface area contributed by atoms with E-state index in [-0.39, 0.29) is 0 Å². The summed E-state index contributed by atoms with van der Waals surface area (Å²) in [6.45, 7) is 5.12. The van der Waals surface area contributed by atoms with Crippen molar-refractivity contribution in [3.8, 4) is 23.1 Å². The second-order valence-corrected chi connectivity index (χ2v) is 5.08. The van der Waals surface area contributed by atoms with Crippen LogP contribution in [0.1, 0.15) is 19.5 Å². The molecule has 3 rings (SSSR count). The molecule has 0 aliphatic heterocycles. The summed E-state index contributed by atoms with van der Waals surface area (Å²) in [6.07, 6.45) is 3.40. The lowest BCUT2D eigenvalue weighted by molar-refractivity contribution is 0.304. The van der Waals surface area contributed by atoms with E-state index in [9.17, 15) is 4.39 Å². The van der Waals surface area contributed by atoms with Crippen LogP contribution in [-0.4, -0.2) is 37.9 Å². The summed E-state index contributed by atoms with van der Waals surface area (Å²) in [6, 6.07) is 6.31. The molecule has 0 N–H and O–H groups in total. The molecule has 0 radical (unpaired) electrons. The van der Waals surface area contributed by atoms with E-state index in [0.717, 1.165) is 0 Å². The van der Waals surface area contributed by atoms with Gasteiger partial charge in [-0.3, -0.25) is 0 Å². The molecule has 130 valence electrons. The maximum Gasteiger partial charge on any atom is 0.237 e. The average molecular weight is 343 g/mol. The smallest absolute Gasteiger partial charge is 0.237 e. The van der Waals surface area contributed by atoms with Gasteiger partial charge in [0.25, 0.3) is 0 Å². The molecule has 0 aliphatic carbocycles. The Hall–Kier alpha value is -3.03. The highest BCUT2D eigenvalue weighted by Crippen LogP contribution is 2.23. The summed E-state index contributed by atoms with van der Waals surface area (Å²) in [4.78, 5) is 8.14. The van der Waals surface area contributed by atoms with Crippen molar-refractivity contribution in [3.63, 3.8) is 0 Å². The third kappa shape index (κ3) is 3.90. The lowest BCUT2D eigenvalue weighted by Gasteiger charge is -2.12. The van der Waals surface area contributed by atoms with Crippen LogP contribution in [0.25, 0.3) is 11.5 Å². The molecule has 0 spiro atoms. The third-order valence-corrected chi connectivity index (χ3v) is 3.38. The van der Waals surface area contributed by atoms with Gasteiger partial charge in [0.15, 0.2) is 5.82 Å². The number of imidazole rings is 1. The molecular formula is C17H18FN5O2. The molecule has 7 nitrogen and oxygen atoms in total. The van der Waals surface area contributed by atoms with Gasteiger partial charge < -0.3 is 14.0 Å². The first-order valence-corrected chi connectivity index (χ1v) is 7.97. The van der Waals surface area contributed by atoms with Crippen LogP contribution in [0.5, 0.6) is 11.6 Å². The van der Waals surface area contributed by atoms with E-state index in [1.54, 1.807) is 30.6 Å². The van der Waals surface area contributed by atoms with Crippen LogP contribution in [0, 0.1) is 5.95 Å². The van der Waals surface area contributed by atoms with Gasteiger partial charge in [0.2, 0.25) is 11.8 Å². The summed E-state index contributed by atoms with van der Waals surface area (Å²) < 4.78 is 26.2. The molecule has 0 unspecified atom stereocenters. The Kier molecular flexibility index (Phi) is 5.17. The lowest BCUT2D eigenvalue weighted by Crippen LogP contribution is -2.09. The van der Waals surface area contributed by atoms with E-state index >= 15 is 0 Å². The topological polar surface area (TPSA) is 75.0 Å². The minimum Gasteiger partial charge on any atom is -0.492 e. The Morgan fingerprint density at radius 3 is 2.72 bits per heavy atom. The van der Waals surface area contributed by atoms with Gasteiger partial charge in [-0.2, -0.15) is 4.39 Å². The number of rotatable bonds is 7. The fourth-order valence-electron chi connectivity index (χ4n) is 2.36. The van der Waals surface area contributed by atoms with Gasteiger partial charge in [-0.05, 0) is 26.0 Å². The van der Waals surface area contributed by atoms with Crippen molar-refractivity contribution >= 4 is 0 Å². The zero-order chi connectivity index (χ0) is 17.6. The quantitative estimate of drug-likeness (QED) is 0.614. The number of halogens is 1. The largest absolute Gasteiger partial charge is 0.492 e. The summed E-state index contributed by atoms with van der Waals surface area (Å²) in [5, 5.41) is 8.25. The minimum absolute atomic E-state index is 0.363. The summed E-state index contributed by atoms with van der Waals surface area (Å²) >= 11 is 0. The molecule has 0 amide bonds. The molecule has 3 aromatic heterocycles. The summed E-state index contributed by atoms with van der Waals surface area (Å²) in [7, 11) is 0. The summed E-state index contributed by atoms with van der Waals surface area (Å²) in [5.74, 6) is 0.987. The number of hydrogen-bond donors (Lipinski definition) is 0. The molecule has 0 fully saturated rings. The maximum atomic E-state index is 13.4. The van der Waals surface area contributed by atoms with Crippen molar-refractivity contribution in [1.82, 2.24) is 24.7 Å². The molecule has 0 bridgehead atoms. The predicted molar refractivity (Wildman–Crippen MR) is 88.9 cm³/mol. The zero-order valence-electron chi connectivity index (χ0n) is 14.0. The first-order chi connectivity index (χ1) is 12.2. The van der Waals surface area contributed by atoms with Gasteiger partial charge in [-0.15, -0.1) is 10.2 Å². The Morgan fingerprint density at radius 2 is 1.96 bits per heavy atom. The van der Waals surface area contributed by atoms with Crippen LogP contribution in [0.2, 0.25) is 0 Å². The van der Waals surface area contributed by atoms with Gasteiger partial charge in [0.1, 0.15) is 17.1 Å². The Balaban J connectivity index is 1.92. The zero-order valence-corrected chi connectivity index (χ0v) is 14.0. The second-order valence-electron chi connectivity index (χ2n) is 5.08. The Labute approximate surface area is 144 Å². The van der Waals surface area contributed by atoms with Gasteiger partial charge >= 0.3 is 0 Å². The highest BCUT2D eigenvalue weighted by atomic mass is 19.1. The second kappa shape index (κ2) is 7.69. The van der Waals surface area contributed by atoms with Crippen LogP contribution in [0.3, 0.4) is 0 Å². The van der Waals surface area contributed by atoms with Crippen LogP contribution in [0.4, 0.5) is 4.39 Å². The highest BCUT2D eigenvalue weighted by molar-refractivity contribution is 5.49. The fraction of sp³-hybridized carbons (Fsp3) is 0.294. The number of aromatic nitrogens is 5. The van der Waals surface area contributed by atoms with Crippen LogP contribution >= 0.6 is 0 Å². The molecule has 0 saturated heterocycles. The van der Waals surface area contributed by atoms with Crippen molar-refractivity contribution in [2.24, 2.45) is 0 Å². The molecule has 25 heavy (non-hydrogen) atoms. The predicted octanol–water partition coefficient (Wildman–Crippen LogP) is 2.72. The van der Waals surface area contributed by atoms with Crippen LogP contribution in [-0.2, 0) is 6.54 Å². The van der Waals surface area contributed by atoms with Gasteiger partial charge in [0.05, 0.1) is 19.8 Å². The molecule has 3 aromatic rings. The first-order valence-electron chi connectivity index (χ1n) is 7.97. The number of hydrogen-bond acceptors (Lipinski definition) is 6. The normalized spacial score (nSPS) is 10.7. The lowest BCUT2D eigenvalue weighted by atomic mass is 10.3. The van der Waals surface area contributed by atoms with E-state index < -0.39 is 5.95 Å². The van der Waals surface area contributed by atoms with Crippen LogP contribution in [0.15, 0.2) is 36.7 Å². The molecule has 8 heteroatoms. The average Bonchev–Trinajstić information content (AvgIpc) is 3.06. The number of pyridine rings is 1. The van der Waals surface area contributed by atoms with E-state index in [1.807, 2.05) is 18.4 Å². The number of ether oxygens (including phenoxy) is 2. The molecule has 0 atom stereocenters. The van der Waals surface area contributed by atoms with Crippen molar-refractivity contribution in [3.05, 3.63) is 48.3 Å². The highest BCUT2D eigenvalue weighted by Gasteiger charge is 2.14. The van der Waals surface area contributed by atoms with Crippen molar-refractivity contribution < 1.29 is 13.9 Å². The molecule has 0 saturated carbocycles. The monoisotopic (exact) mass is 343 g/mol. The Bertz CT molecular complexity index is 853. The standard InChI is InChI=1S/C17H18FN5O2/c1-3-24-14-10-16(25-4-2)22-21-13(14)11-23-9-8-19-17(23)12-6-5-7-15(18)20-12/h5-10H,3-4,11H2,1-2H3. The minimum atomic E-state index is -0.553. The van der Waals surface area contributed by atoms with Gasteiger partial charge in [0, 0.05) is 18.5 Å². The van der Waals surface area contributed by atoms with E-state index in [2.05, 4.69) is 20.2 Å². The molecule has 0 aromatic carbocycles. The van der Waals surface area contributed by atoms with Crippen molar-refractivity contribution in [2.75, 3.05) is 13.2 Å². The van der Waals surface area contributed by atoms with Gasteiger partial charge in [-0.1, -0.05) is 6.07 Å². The van der Waals surface area contributed by atoms with Gasteiger partial charge in [-0.25, -0.2) is 9.97 Å². The molecule has 3 heterocycles. The van der Waals surface area contributed by atoms with Crippen molar-refractivity contribution in [1.29, 1.82) is 0 Å². The third-order valence-electron chi connectivity index (χ3n) is 3.38. The van der Waals surface area contributed by atoms with E-state index in [1.165, 1.54) is 6.07 Å². The van der Waals surface area contributed by atoms with E-state index in [4.69, 9.17) is 9.47 Å². The SMILES string of the molecule is CCOc1cc(OCC)c(Cn2ccnc2-c2cccc(F)n2)nn1. The van der Waals surface area contributed by atoms with E-state index in [0.29, 0.717) is 48.6 Å². The molecular weight excluding hydrogens is 325 g/mol. The maximum absolute atomic E-state index is 13.4. The first kappa shape index (κ1) is 16.8. The molecule has 0 aliphatic rings. The number of nitrogens with zero attached hydrogens (tertiary/aromatic N) is 5.